The van der Waals surface area contributed by atoms with Crippen molar-refractivity contribution < 1.29 is 9.90 Å². The summed E-state index contributed by atoms with van der Waals surface area (Å²) in [6.45, 7) is 5.63. The molecule has 5 heteroatoms. The lowest BCUT2D eigenvalue weighted by Crippen LogP contribution is -2.34. The molecule has 1 saturated heterocycles. The summed E-state index contributed by atoms with van der Waals surface area (Å²) in [6.07, 6.45) is 3.42. The van der Waals surface area contributed by atoms with E-state index in [9.17, 15) is 4.79 Å². The van der Waals surface area contributed by atoms with Crippen molar-refractivity contribution in [1.29, 1.82) is 0 Å². The van der Waals surface area contributed by atoms with Crippen LogP contribution in [-0.4, -0.2) is 40.6 Å². The highest BCUT2D eigenvalue weighted by atomic mass is 32.1. The van der Waals surface area contributed by atoms with Gasteiger partial charge in [0.25, 0.3) is 0 Å². The van der Waals surface area contributed by atoms with Crippen molar-refractivity contribution in [3.05, 3.63) is 16.1 Å². The number of likely N-dealkylation sites (tertiary alicyclic amines) is 1. The number of thiazole rings is 1. The van der Waals surface area contributed by atoms with Gasteiger partial charge in [-0.25, -0.2) is 9.78 Å². The van der Waals surface area contributed by atoms with Gasteiger partial charge in [-0.1, -0.05) is 6.92 Å². The molecule has 4 nitrogen and oxygen atoms in total. The van der Waals surface area contributed by atoms with Crippen LogP contribution >= 0.6 is 11.3 Å². The lowest BCUT2D eigenvalue weighted by atomic mass is 9.99. The molecular weight excluding hydrogens is 236 g/mol. The molecule has 1 fully saturated rings. The largest absolute Gasteiger partial charge is 0.476 e. The average Bonchev–Trinajstić information content (AvgIpc) is 2.77. The zero-order valence-electron chi connectivity index (χ0n) is 10.1. The van der Waals surface area contributed by atoms with Crippen LogP contribution in [-0.2, 0) is 6.42 Å². The minimum absolute atomic E-state index is 0.178. The van der Waals surface area contributed by atoms with Crippen molar-refractivity contribution >= 4 is 17.3 Å². The van der Waals surface area contributed by atoms with E-state index in [4.69, 9.17) is 5.11 Å². The molecule has 1 aromatic rings. The molecule has 0 atom stereocenters. The van der Waals surface area contributed by atoms with E-state index < -0.39 is 5.97 Å². The molecule has 2 heterocycles. The molecule has 0 bridgehead atoms. The summed E-state index contributed by atoms with van der Waals surface area (Å²) >= 11 is 1.45. The van der Waals surface area contributed by atoms with Crippen LogP contribution < -0.4 is 0 Å². The van der Waals surface area contributed by atoms with E-state index in [1.54, 1.807) is 5.38 Å². The molecule has 1 aliphatic rings. The maximum Gasteiger partial charge on any atom is 0.355 e. The van der Waals surface area contributed by atoms with Crippen LogP contribution in [0.15, 0.2) is 5.38 Å². The van der Waals surface area contributed by atoms with Crippen LogP contribution in [0.2, 0.25) is 0 Å². The van der Waals surface area contributed by atoms with Gasteiger partial charge in [0, 0.05) is 18.3 Å². The fourth-order valence-corrected chi connectivity index (χ4v) is 2.82. The fourth-order valence-electron chi connectivity index (χ4n) is 2.06. The number of aromatic nitrogens is 1. The number of carboxylic acid groups (broad SMARTS) is 1. The fraction of sp³-hybridized carbons (Fsp3) is 0.667. The van der Waals surface area contributed by atoms with Gasteiger partial charge in [-0.15, -0.1) is 11.3 Å². The first-order valence-corrected chi connectivity index (χ1v) is 6.93. The van der Waals surface area contributed by atoms with E-state index in [0.29, 0.717) is 0 Å². The molecule has 17 heavy (non-hydrogen) atoms. The summed E-state index contributed by atoms with van der Waals surface area (Å²) < 4.78 is 0. The summed E-state index contributed by atoms with van der Waals surface area (Å²) in [4.78, 5) is 17.2. The van der Waals surface area contributed by atoms with Crippen molar-refractivity contribution in [2.45, 2.75) is 26.2 Å². The maximum atomic E-state index is 10.7. The topological polar surface area (TPSA) is 53.4 Å². The standard InChI is InChI=1S/C12H18N2O2S/c1-9-2-5-14(6-3-9)7-4-11-13-10(8-17-11)12(15)16/h8-9H,2-7H2,1H3,(H,15,16). The second kappa shape index (κ2) is 5.60. The molecule has 0 amide bonds. The molecule has 0 aliphatic carbocycles. The summed E-state index contributed by atoms with van der Waals surface area (Å²) in [5, 5.41) is 11.3. The van der Waals surface area contributed by atoms with E-state index in [1.165, 1.54) is 37.3 Å². The van der Waals surface area contributed by atoms with Gasteiger partial charge >= 0.3 is 5.97 Å². The summed E-state index contributed by atoms with van der Waals surface area (Å²) in [7, 11) is 0. The van der Waals surface area contributed by atoms with Crippen LogP contribution in [0.3, 0.4) is 0 Å². The third-order valence-electron chi connectivity index (χ3n) is 3.29. The van der Waals surface area contributed by atoms with E-state index in [-0.39, 0.29) is 5.69 Å². The number of rotatable bonds is 4. The molecule has 2 rings (SSSR count). The van der Waals surface area contributed by atoms with Crippen molar-refractivity contribution in [2.75, 3.05) is 19.6 Å². The first-order valence-electron chi connectivity index (χ1n) is 6.05. The number of piperidine rings is 1. The molecular formula is C12H18N2O2S. The SMILES string of the molecule is CC1CCN(CCc2nc(C(=O)O)cs2)CC1. The highest BCUT2D eigenvalue weighted by molar-refractivity contribution is 7.09. The van der Waals surface area contributed by atoms with Crippen LogP contribution in [0.1, 0.15) is 35.3 Å². The molecule has 1 N–H and O–H groups in total. The molecule has 0 radical (unpaired) electrons. The van der Waals surface area contributed by atoms with Gasteiger partial charge in [-0.3, -0.25) is 0 Å². The number of hydrogen-bond acceptors (Lipinski definition) is 4. The van der Waals surface area contributed by atoms with Gasteiger partial charge in [0.2, 0.25) is 0 Å². The number of nitrogens with zero attached hydrogens (tertiary/aromatic N) is 2. The number of carboxylic acids is 1. The third kappa shape index (κ3) is 3.51. The Morgan fingerprint density at radius 1 is 1.59 bits per heavy atom. The minimum Gasteiger partial charge on any atom is -0.476 e. The molecule has 0 aromatic carbocycles. The Morgan fingerprint density at radius 2 is 2.29 bits per heavy atom. The zero-order chi connectivity index (χ0) is 12.3. The van der Waals surface area contributed by atoms with Crippen LogP contribution in [0, 0.1) is 5.92 Å². The first-order chi connectivity index (χ1) is 8.15. The highest BCUT2D eigenvalue weighted by Gasteiger charge is 2.16. The smallest absolute Gasteiger partial charge is 0.355 e. The molecule has 1 aliphatic heterocycles. The number of carbonyl (C=O) groups is 1. The van der Waals surface area contributed by atoms with Gasteiger partial charge in [0.1, 0.15) is 0 Å². The van der Waals surface area contributed by atoms with Crippen molar-refractivity contribution in [3.8, 4) is 0 Å². The Balaban J connectivity index is 1.79. The number of aromatic carboxylic acids is 1. The van der Waals surface area contributed by atoms with Crippen molar-refractivity contribution in [2.24, 2.45) is 5.92 Å². The monoisotopic (exact) mass is 254 g/mol. The van der Waals surface area contributed by atoms with E-state index in [0.717, 1.165) is 23.9 Å². The Hall–Kier alpha value is -0.940. The Morgan fingerprint density at radius 3 is 2.88 bits per heavy atom. The van der Waals surface area contributed by atoms with Crippen molar-refractivity contribution in [1.82, 2.24) is 9.88 Å². The van der Waals surface area contributed by atoms with E-state index in [1.807, 2.05) is 0 Å². The Kier molecular flexibility index (Phi) is 4.12. The predicted octanol–water partition coefficient (Wildman–Crippen LogP) is 2.12. The quantitative estimate of drug-likeness (QED) is 0.894. The molecule has 94 valence electrons. The van der Waals surface area contributed by atoms with Gasteiger partial charge in [-0.05, 0) is 31.8 Å². The maximum absolute atomic E-state index is 10.7. The third-order valence-corrected chi connectivity index (χ3v) is 4.20. The minimum atomic E-state index is -0.931. The van der Waals surface area contributed by atoms with Gasteiger partial charge in [-0.2, -0.15) is 0 Å². The Labute approximate surface area is 105 Å². The van der Waals surface area contributed by atoms with Crippen LogP contribution in [0.4, 0.5) is 0 Å². The Bertz CT molecular complexity index is 384. The zero-order valence-corrected chi connectivity index (χ0v) is 10.9. The average molecular weight is 254 g/mol. The second-order valence-electron chi connectivity index (χ2n) is 4.71. The van der Waals surface area contributed by atoms with E-state index in [2.05, 4.69) is 16.8 Å². The van der Waals surface area contributed by atoms with Crippen LogP contribution in [0.5, 0.6) is 0 Å². The normalized spacial score (nSPS) is 18.4. The summed E-state index contributed by atoms with van der Waals surface area (Å²) in [6, 6.07) is 0. The van der Waals surface area contributed by atoms with Gasteiger partial charge in [0.05, 0.1) is 5.01 Å². The molecule has 0 saturated carbocycles. The van der Waals surface area contributed by atoms with Crippen molar-refractivity contribution in [3.63, 3.8) is 0 Å². The van der Waals surface area contributed by atoms with E-state index >= 15 is 0 Å². The van der Waals surface area contributed by atoms with Gasteiger partial charge < -0.3 is 10.0 Å². The predicted molar refractivity (Wildman–Crippen MR) is 67.6 cm³/mol. The highest BCUT2D eigenvalue weighted by Crippen LogP contribution is 2.17. The number of hydrogen-bond donors (Lipinski definition) is 1. The summed E-state index contributed by atoms with van der Waals surface area (Å²) in [5.74, 6) is -0.0796. The molecule has 0 spiro atoms. The first kappa shape index (κ1) is 12.5. The molecule has 0 unspecified atom stereocenters. The lowest BCUT2D eigenvalue weighted by molar-refractivity contribution is 0.0691. The molecule has 1 aromatic heterocycles. The van der Waals surface area contributed by atoms with Gasteiger partial charge in [0.15, 0.2) is 5.69 Å². The van der Waals surface area contributed by atoms with Crippen LogP contribution in [0.25, 0.3) is 0 Å². The summed E-state index contributed by atoms with van der Waals surface area (Å²) in [5.41, 5.74) is 0.178. The second-order valence-corrected chi connectivity index (χ2v) is 5.65. The lowest BCUT2D eigenvalue weighted by Gasteiger charge is -2.29.